The Morgan fingerprint density at radius 2 is 2.00 bits per heavy atom. The third-order valence-electron chi connectivity index (χ3n) is 3.20. The van der Waals surface area contributed by atoms with Crippen molar-refractivity contribution in [3.63, 3.8) is 0 Å². The number of rotatable bonds is 5. The summed E-state index contributed by atoms with van der Waals surface area (Å²) in [6.45, 7) is 5.10. The fraction of sp³-hybridized carbons (Fsp3) is 0.333. The van der Waals surface area contributed by atoms with Gasteiger partial charge in [0, 0.05) is 24.0 Å². The summed E-state index contributed by atoms with van der Waals surface area (Å²) in [4.78, 5) is 32.4. The molecule has 0 aliphatic rings. The first kappa shape index (κ1) is 19.3. The van der Waals surface area contributed by atoms with Gasteiger partial charge in [0.15, 0.2) is 17.9 Å². The molecular weight excluding hydrogens is 341 g/mol. The standard InChI is InChI=1S/C18H20FN3O4/c1-18(2,3)26-17(24)22(10-12-5-6-15(25-4)20-8-12)16-14(19)7-13(11-23)9-21-16/h5-9,11H,10H2,1-4H3. The van der Waals surface area contributed by atoms with Crippen LogP contribution in [-0.4, -0.2) is 35.1 Å². The first-order valence-electron chi connectivity index (χ1n) is 7.83. The zero-order chi connectivity index (χ0) is 19.3. The molecule has 2 aromatic rings. The number of aldehydes is 1. The van der Waals surface area contributed by atoms with Crippen molar-refractivity contribution >= 4 is 18.2 Å². The maximum atomic E-state index is 14.4. The van der Waals surface area contributed by atoms with E-state index >= 15 is 0 Å². The van der Waals surface area contributed by atoms with Gasteiger partial charge in [0.1, 0.15) is 5.60 Å². The van der Waals surface area contributed by atoms with E-state index in [0.29, 0.717) is 17.7 Å². The minimum atomic E-state index is -0.804. The largest absolute Gasteiger partial charge is 0.481 e. The van der Waals surface area contributed by atoms with Crippen molar-refractivity contribution in [2.75, 3.05) is 12.0 Å². The van der Waals surface area contributed by atoms with Crippen LogP contribution in [0.15, 0.2) is 30.6 Å². The molecule has 0 fully saturated rings. The first-order valence-corrected chi connectivity index (χ1v) is 7.83. The Morgan fingerprint density at radius 1 is 1.27 bits per heavy atom. The maximum Gasteiger partial charge on any atom is 0.416 e. The lowest BCUT2D eigenvalue weighted by atomic mass is 10.2. The summed E-state index contributed by atoms with van der Waals surface area (Å²) < 4.78 is 24.7. The van der Waals surface area contributed by atoms with Crippen LogP contribution in [0.25, 0.3) is 0 Å². The van der Waals surface area contributed by atoms with Crippen LogP contribution in [0.5, 0.6) is 5.88 Å². The summed E-state index contributed by atoms with van der Waals surface area (Å²) >= 11 is 0. The molecule has 2 aromatic heterocycles. The number of ether oxygens (including phenoxy) is 2. The number of methoxy groups -OCH3 is 1. The second kappa shape index (κ2) is 7.90. The highest BCUT2D eigenvalue weighted by molar-refractivity contribution is 5.87. The van der Waals surface area contributed by atoms with Crippen LogP contribution in [0.3, 0.4) is 0 Å². The highest BCUT2D eigenvalue weighted by atomic mass is 19.1. The number of amides is 1. The normalized spacial score (nSPS) is 11.0. The minimum Gasteiger partial charge on any atom is -0.481 e. The van der Waals surface area contributed by atoms with Gasteiger partial charge in [-0.3, -0.25) is 9.69 Å². The zero-order valence-corrected chi connectivity index (χ0v) is 15.0. The molecule has 0 unspecified atom stereocenters. The summed E-state index contributed by atoms with van der Waals surface area (Å²) in [7, 11) is 1.49. The van der Waals surface area contributed by atoms with E-state index < -0.39 is 17.5 Å². The molecule has 0 radical (unpaired) electrons. The predicted octanol–water partition coefficient (Wildman–Crippen LogP) is 3.38. The van der Waals surface area contributed by atoms with Crippen LogP contribution >= 0.6 is 0 Å². The molecule has 2 rings (SSSR count). The van der Waals surface area contributed by atoms with E-state index in [4.69, 9.17) is 9.47 Å². The summed E-state index contributed by atoms with van der Waals surface area (Å²) in [5.74, 6) is -0.625. The highest BCUT2D eigenvalue weighted by Crippen LogP contribution is 2.22. The quantitative estimate of drug-likeness (QED) is 0.760. The Hall–Kier alpha value is -3.03. The molecular formula is C18H20FN3O4. The zero-order valence-electron chi connectivity index (χ0n) is 15.0. The van der Waals surface area contributed by atoms with Crippen molar-refractivity contribution in [1.29, 1.82) is 0 Å². The van der Waals surface area contributed by atoms with E-state index in [1.165, 1.54) is 19.5 Å². The van der Waals surface area contributed by atoms with Gasteiger partial charge in [-0.1, -0.05) is 6.07 Å². The van der Waals surface area contributed by atoms with Crippen molar-refractivity contribution in [3.8, 4) is 5.88 Å². The second-order valence-electron chi connectivity index (χ2n) is 6.47. The summed E-state index contributed by atoms with van der Waals surface area (Å²) in [6, 6.07) is 4.34. The van der Waals surface area contributed by atoms with Gasteiger partial charge in [0.2, 0.25) is 5.88 Å². The van der Waals surface area contributed by atoms with Crippen molar-refractivity contribution in [3.05, 3.63) is 47.5 Å². The molecule has 0 N–H and O–H groups in total. The molecule has 0 aromatic carbocycles. The van der Waals surface area contributed by atoms with E-state index in [2.05, 4.69) is 9.97 Å². The molecule has 7 nitrogen and oxygen atoms in total. The SMILES string of the molecule is COc1ccc(CN(C(=O)OC(C)(C)C)c2ncc(C=O)cc2F)cn1. The average molecular weight is 361 g/mol. The Bertz CT molecular complexity index is 788. The molecule has 8 heteroatoms. The van der Waals surface area contributed by atoms with Gasteiger partial charge < -0.3 is 9.47 Å². The monoisotopic (exact) mass is 361 g/mol. The van der Waals surface area contributed by atoms with Crippen LogP contribution in [0.1, 0.15) is 36.7 Å². The topological polar surface area (TPSA) is 81.6 Å². The van der Waals surface area contributed by atoms with Gasteiger partial charge >= 0.3 is 6.09 Å². The Labute approximate surface area is 150 Å². The van der Waals surface area contributed by atoms with Crippen LogP contribution in [0.4, 0.5) is 15.0 Å². The van der Waals surface area contributed by atoms with E-state index in [9.17, 15) is 14.0 Å². The maximum absolute atomic E-state index is 14.4. The Kier molecular flexibility index (Phi) is 5.86. The number of carbonyl (C=O) groups excluding carboxylic acids is 2. The Balaban J connectivity index is 2.37. The molecule has 1 amide bonds. The second-order valence-corrected chi connectivity index (χ2v) is 6.47. The van der Waals surface area contributed by atoms with Gasteiger partial charge in [0.25, 0.3) is 0 Å². The number of carbonyl (C=O) groups is 2. The van der Waals surface area contributed by atoms with Crippen molar-refractivity contribution < 1.29 is 23.5 Å². The minimum absolute atomic E-state index is 0.0176. The molecule has 2 heterocycles. The fourth-order valence-corrected chi connectivity index (χ4v) is 2.06. The third-order valence-corrected chi connectivity index (χ3v) is 3.20. The number of nitrogens with zero attached hydrogens (tertiary/aromatic N) is 3. The predicted molar refractivity (Wildman–Crippen MR) is 92.8 cm³/mol. The van der Waals surface area contributed by atoms with E-state index in [-0.39, 0.29) is 17.9 Å². The lowest BCUT2D eigenvalue weighted by Gasteiger charge is -2.27. The lowest BCUT2D eigenvalue weighted by Crippen LogP contribution is -2.37. The summed E-state index contributed by atoms with van der Waals surface area (Å²) in [5, 5.41) is 0. The number of hydrogen-bond donors (Lipinski definition) is 0. The average Bonchev–Trinajstić information content (AvgIpc) is 2.59. The van der Waals surface area contributed by atoms with Gasteiger partial charge in [0.05, 0.1) is 13.7 Å². The third kappa shape index (κ3) is 4.98. The molecule has 0 spiro atoms. The molecule has 0 atom stereocenters. The number of pyridine rings is 2. The first-order chi connectivity index (χ1) is 12.2. The molecule has 0 aliphatic carbocycles. The molecule has 0 saturated carbocycles. The molecule has 138 valence electrons. The lowest BCUT2D eigenvalue weighted by molar-refractivity contribution is 0.0575. The van der Waals surface area contributed by atoms with Gasteiger partial charge in [-0.2, -0.15) is 0 Å². The highest BCUT2D eigenvalue weighted by Gasteiger charge is 2.27. The van der Waals surface area contributed by atoms with E-state index in [1.807, 2.05) is 0 Å². The molecule has 0 saturated heterocycles. The van der Waals surface area contributed by atoms with Crippen LogP contribution < -0.4 is 9.64 Å². The van der Waals surface area contributed by atoms with Crippen molar-refractivity contribution in [1.82, 2.24) is 9.97 Å². The fourth-order valence-electron chi connectivity index (χ4n) is 2.06. The molecule has 0 bridgehead atoms. The van der Waals surface area contributed by atoms with Crippen molar-refractivity contribution in [2.45, 2.75) is 32.9 Å². The number of halogens is 1. The van der Waals surface area contributed by atoms with Crippen molar-refractivity contribution in [2.24, 2.45) is 0 Å². The Morgan fingerprint density at radius 3 is 2.50 bits per heavy atom. The van der Waals surface area contributed by atoms with Crippen LogP contribution in [-0.2, 0) is 11.3 Å². The summed E-state index contributed by atoms with van der Waals surface area (Å²) in [5.41, 5.74) is -0.0778. The van der Waals surface area contributed by atoms with Crippen LogP contribution in [0.2, 0.25) is 0 Å². The van der Waals surface area contributed by atoms with Gasteiger partial charge in [-0.05, 0) is 32.4 Å². The molecule has 26 heavy (non-hydrogen) atoms. The van der Waals surface area contributed by atoms with Gasteiger partial charge in [-0.15, -0.1) is 0 Å². The van der Waals surface area contributed by atoms with Gasteiger partial charge in [-0.25, -0.2) is 19.2 Å². The number of aromatic nitrogens is 2. The van der Waals surface area contributed by atoms with Crippen LogP contribution in [0, 0.1) is 5.82 Å². The number of hydrogen-bond acceptors (Lipinski definition) is 6. The smallest absolute Gasteiger partial charge is 0.416 e. The number of anilines is 1. The molecule has 0 aliphatic heterocycles. The van der Waals surface area contributed by atoms with E-state index in [0.717, 1.165) is 11.0 Å². The van der Waals surface area contributed by atoms with E-state index in [1.54, 1.807) is 32.9 Å². The summed E-state index contributed by atoms with van der Waals surface area (Å²) in [6.07, 6.45) is 2.41.